The smallest absolute Gasteiger partial charge is 0.313 e. The molecule has 22 heavy (non-hydrogen) atoms. The number of hydrogen-bond donors (Lipinski definition) is 0. The maximum Gasteiger partial charge on any atom is 0.313 e. The van der Waals surface area contributed by atoms with E-state index < -0.39 is 4.92 Å². The van der Waals surface area contributed by atoms with Gasteiger partial charge in [-0.15, -0.1) is 0 Å². The predicted molar refractivity (Wildman–Crippen MR) is 76.8 cm³/mol. The van der Waals surface area contributed by atoms with Crippen LogP contribution in [0.4, 0.5) is 5.69 Å². The third-order valence-electron chi connectivity index (χ3n) is 4.19. The lowest BCUT2D eigenvalue weighted by Gasteiger charge is -2.25. The van der Waals surface area contributed by atoms with Crippen molar-refractivity contribution in [1.82, 2.24) is 5.06 Å². The molecule has 7 heteroatoms. The molecule has 2 aliphatic rings. The number of esters is 1. The monoisotopic (exact) mass is 306 g/mol. The van der Waals surface area contributed by atoms with E-state index in [1.54, 1.807) is 19.1 Å². The number of nitro groups is 1. The van der Waals surface area contributed by atoms with Crippen LogP contribution in [0.2, 0.25) is 0 Å². The van der Waals surface area contributed by atoms with E-state index >= 15 is 0 Å². The summed E-state index contributed by atoms with van der Waals surface area (Å²) >= 11 is 0. The van der Waals surface area contributed by atoms with Gasteiger partial charge in [0.25, 0.3) is 5.69 Å². The number of carbonyl (C=O) groups excluding carboxylic acids is 1. The van der Waals surface area contributed by atoms with Gasteiger partial charge in [-0.3, -0.25) is 19.7 Å². The van der Waals surface area contributed by atoms with E-state index in [0.717, 1.165) is 24.9 Å². The number of non-ortho nitro benzene ring substituents is 1. The van der Waals surface area contributed by atoms with Crippen molar-refractivity contribution in [2.75, 3.05) is 13.2 Å². The van der Waals surface area contributed by atoms with E-state index in [2.05, 4.69) is 0 Å². The van der Waals surface area contributed by atoms with Gasteiger partial charge in [0.1, 0.15) is 5.92 Å². The van der Waals surface area contributed by atoms with Gasteiger partial charge in [0.15, 0.2) is 0 Å². The third-order valence-corrected chi connectivity index (χ3v) is 4.19. The normalized spacial score (nSPS) is 30.0. The topological polar surface area (TPSA) is 81.9 Å². The van der Waals surface area contributed by atoms with Crippen molar-refractivity contribution in [2.24, 2.45) is 5.92 Å². The Balaban J connectivity index is 1.91. The van der Waals surface area contributed by atoms with Gasteiger partial charge in [0.05, 0.1) is 23.7 Å². The Morgan fingerprint density at radius 2 is 2.18 bits per heavy atom. The standard InChI is InChI=1S/C15H18N2O5/c1-2-21-15(18)13-12-4-3-9-16(22-12)14(13)10-5-7-11(8-6-10)17(19)20/h5-8,12-14H,2-4,9H2,1H3/t12-,13+,14-/m1/s1. The van der Waals surface area contributed by atoms with Crippen molar-refractivity contribution < 1.29 is 19.3 Å². The van der Waals surface area contributed by atoms with E-state index in [-0.39, 0.29) is 29.7 Å². The van der Waals surface area contributed by atoms with E-state index in [4.69, 9.17) is 9.57 Å². The SMILES string of the molecule is CCOC(=O)[C@@H]1[C@@H](c2ccc([N+](=O)[O-])cc2)N2CCC[C@H]1O2. The summed E-state index contributed by atoms with van der Waals surface area (Å²) in [5.74, 6) is -0.649. The highest BCUT2D eigenvalue weighted by molar-refractivity contribution is 5.75. The Morgan fingerprint density at radius 3 is 2.82 bits per heavy atom. The minimum atomic E-state index is -0.434. The van der Waals surface area contributed by atoms with Gasteiger partial charge in [-0.25, -0.2) is 0 Å². The van der Waals surface area contributed by atoms with Crippen LogP contribution < -0.4 is 0 Å². The van der Waals surface area contributed by atoms with Crippen LogP contribution in [0.15, 0.2) is 24.3 Å². The molecule has 4 atom stereocenters. The van der Waals surface area contributed by atoms with Gasteiger partial charge in [0.2, 0.25) is 0 Å². The number of ether oxygens (including phenoxy) is 1. The fourth-order valence-corrected chi connectivity index (χ4v) is 3.25. The lowest BCUT2D eigenvalue weighted by molar-refractivity contribution is -0.384. The fraction of sp³-hybridized carbons (Fsp3) is 0.533. The van der Waals surface area contributed by atoms with Crippen LogP contribution >= 0.6 is 0 Å². The summed E-state index contributed by atoms with van der Waals surface area (Å²) in [6.45, 7) is 2.85. The number of hydroxylamine groups is 2. The van der Waals surface area contributed by atoms with Crippen molar-refractivity contribution in [3.63, 3.8) is 0 Å². The molecular formula is C15H18N2O5. The molecule has 2 saturated heterocycles. The van der Waals surface area contributed by atoms with Gasteiger partial charge in [-0.05, 0) is 25.3 Å². The zero-order valence-corrected chi connectivity index (χ0v) is 12.3. The zero-order chi connectivity index (χ0) is 15.7. The molecule has 2 aliphatic heterocycles. The van der Waals surface area contributed by atoms with Crippen molar-refractivity contribution >= 4 is 11.7 Å². The summed E-state index contributed by atoms with van der Waals surface area (Å²) in [6.07, 6.45) is 1.61. The van der Waals surface area contributed by atoms with Crippen LogP contribution in [0.25, 0.3) is 0 Å². The fourth-order valence-electron chi connectivity index (χ4n) is 3.25. The largest absolute Gasteiger partial charge is 0.466 e. The number of carbonyl (C=O) groups is 1. The molecule has 118 valence electrons. The molecule has 0 saturated carbocycles. The molecule has 0 amide bonds. The first-order valence-electron chi connectivity index (χ1n) is 7.46. The van der Waals surface area contributed by atoms with E-state index in [9.17, 15) is 14.9 Å². The average Bonchev–Trinajstić information content (AvgIpc) is 2.78. The van der Waals surface area contributed by atoms with Crippen molar-refractivity contribution in [3.8, 4) is 0 Å². The maximum atomic E-state index is 12.3. The van der Waals surface area contributed by atoms with Gasteiger partial charge in [0, 0.05) is 18.7 Å². The summed E-state index contributed by atoms with van der Waals surface area (Å²) in [6, 6.07) is 6.06. The highest BCUT2D eigenvalue weighted by Gasteiger charge is 2.50. The zero-order valence-electron chi connectivity index (χ0n) is 12.3. The van der Waals surface area contributed by atoms with Crippen LogP contribution in [0.1, 0.15) is 31.4 Å². The van der Waals surface area contributed by atoms with Crippen molar-refractivity contribution in [1.29, 1.82) is 0 Å². The summed E-state index contributed by atoms with van der Waals surface area (Å²) < 4.78 is 5.19. The molecule has 2 bridgehead atoms. The Bertz CT molecular complexity index is 574. The number of benzene rings is 1. The summed E-state index contributed by atoms with van der Waals surface area (Å²) in [5.41, 5.74) is 0.876. The molecule has 1 unspecified atom stereocenters. The van der Waals surface area contributed by atoms with Gasteiger partial charge < -0.3 is 4.74 Å². The number of nitro benzene ring substituents is 1. The quantitative estimate of drug-likeness (QED) is 0.482. The van der Waals surface area contributed by atoms with E-state index in [1.807, 2.05) is 5.06 Å². The van der Waals surface area contributed by atoms with Gasteiger partial charge in [-0.1, -0.05) is 12.1 Å². The van der Waals surface area contributed by atoms with Crippen molar-refractivity contribution in [3.05, 3.63) is 39.9 Å². The first kappa shape index (κ1) is 14.9. The summed E-state index contributed by atoms with van der Waals surface area (Å²) in [4.78, 5) is 28.5. The van der Waals surface area contributed by atoms with Crippen LogP contribution in [-0.4, -0.2) is 35.2 Å². The molecule has 0 aliphatic carbocycles. The number of nitrogens with zero attached hydrogens (tertiary/aromatic N) is 2. The molecule has 0 spiro atoms. The third kappa shape index (κ3) is 2.57. The van der Waals surface area contributed by atoms with Crippen LogP contribution in [-0.2, 0) is 14.4 Å². The molecular weight excluding hydrogens is 288 g/mol. The average molecular weight is 306 g/mol. The van der Waals surface area contributed by atoms with E-state index in [0.29, 0.717) is 6.61 Å². The molecule has 0 aromatic heterocycles. The Kier molecular flexibility index (Phi) is 4.08. The van der Waals surface area contributed by atoms with Crippen LogP contribution in [0, 0.1) is 16.0 Å². The lowest BCUT2D eigenvalue weighted by atomic mass is 9.89. The van der Waals surface area contributed by atoms with Gasteiger partial charge >= 0.3 is 5.97 Å². The molecule has 2 heterocycles. The van der Waals surface area contributed by atoms with Crippen LogP contribution in [0.3, 0.4) is 0 Å². The molecule has 1 aromatic carbocycles. The van der Waals surface area contributed by atoms with Crippen molar-refractivity contribution in [2.45, 2.75) is 31.9 Å². The first-order valence-corrected chi connectivity index (χ1v) is 7.46. The Labute approximate surface area is 127 Å². The lowest BCUT2D eigenvalue weighted by Crippen LogP contribution is -2.29. The minimum absolute atomic E-state index is 0.0355. The predicted octanol–water partition coefficient (Wildman–Crippen LogP) is 2.22. The molecule has 0 radical (unpaired) electrons. The summed E-state index contributed by atoms with van der Waals surface area (Å²) in [7, 11) is 0. The second-order valence-electron chi connectivity index (χ2n) is 5.50. The van der Waals surface area contributed by atoms with Gasteiger partial charge in [-0.2, -0.15) is 5.06 Å². The molecule has 2 fully saturated rings. The number of fused-ring (bicyclic) bond motifs is 2. The molecule has 1 aromatic rings. The highest BCUT2D eigenvalue weighted by Crippen LogP contribution is 2.44. The number of hydrogen-bond acceptors (Lipinski definition) is 6. The van der Waals surface area contributed by atoms with E-state index in [1.165, 1.54) is 12.1 Å². The Morgan fingerprint density at radius 1 is 1.45 bits per heavy atom. The Hall–Kier alpha value is -1.99. The second-order valence-corrected chi connectivity index (χ2v) is 5.50. The van der Waals surface area contributed by atoms with Crippen LogP contribution in [0.5, 0.6) is 0 Å². The second kappa shape index (κ2) is 6.02. The maximum absolute atomic E-state index is 12.3. The molecule has 0 N–H and O–H groups in total. The molecule has 3 rings (SSSR count). The highest BCUT2D eigenvalue weighted by atomic mass is 16.7. The first-order chi connectivity index (χ1) is 10.6. The number of rotatable bonds is 4. The molecule has 7 nitrogen and oxygen atoms in total. The summed E-state index contributed by atoms with van der Waals surface area (Å²) in [5, 5.41) is 12.6. The minimum Gasteiger partial charge on any atom is -0.466 e.